The SMILES string of the molecule is CC(N)Cc1ccc(OCc2cc(F)ccc2F)c(F)c1. The fraction of sp³-hybridized carbons (Fsp3) is 0.250. The summed E-state index contributed by atoms with van der Waals surface area (Å²) in [6.45, 7) is 1.59. The van der Waals surface area contributed by atoms with E-state index in [4.69, 9.17) is 10.5 Å². The van der Waals surface area contributed by atoms with Gasteiger partial charge in [0.1, 0.15) is 18.2 Å². The first-order valence-electron chi connectivity index (χ1n) is 6.56. The first-order valence-corrected chi connectivity index (χ1v) is 6.56. The van der Waals surface area contributed by atoms with E-state index in [0.717, 1.165) is 23.8 Å². The van der Waals surface area contributed by atoms with Gasteiger partial charge >= 0.3 is 0 Å². The minimum Gasteiger partial charge on any atom is -0.486 e. The molecule has 0 spiro atoms. The molecule has 5 heteroatoms. The molecule has 2 aromatic rings. The molecule has 0 amide bonds. The van der Waals surface area contributed by atoms with Crippen LogP contribution in [0.15, 0.2) is 36.4 Å². The molecule has 2 N–H and O–H groups in total. The zero-order valence-corrected chi connectivity index (χ0v) is 11.6. The van der Waals surface area contributed by atoms with Gasteiger partial charge in [-0.15, -0.1) is 0 Å². The third-order valence-corrected chi connectivity index (χ3v) is 2.94. The average molecular weight is 295 g/mol. The van der Waals surface area contributed by atoms with Crippen LogP contribution in [0.25, 0.3) is 0 Å². The number of hydrogen-bond acceptors (Lipinski definition) is 2. The van der Waals surface area contributed by atoms with Gasteiger partial charge in [-0.2, -0.15) is 0 Å². The zero-order valence-electron chi connectivity index (χ0n) is 11.6. The van der Waals surface area contributed by atoms with Crippen molar-refractivity contribution in [2.45, 2.75) is 26.0 Å². The minimum absolute atomic E-state index is 0.00733. The Morgan fingerprint density at radius 1 is 1.05 bits per heavy atom. The van der Waals surface area contributed by atoms with E-state index in [0.29, 0.717) is 6.42 Å². The van der Waals surface area contributed by atoms with Crippen molar-refractivity contribution in [2.24, 2.45) is 5.73 Å². The van der Waals surface area contributed by atoms with E-state index in [2.05, 4.69) is 0 Å². The maximum atomic E-state index is 13.8. The molecule has 2 rings (SSSR count). The molecular weight excluding hydrogens is 279 g/mol. The summed E-state index contributed by atoms with van der Waals surface area (Å²) in [5.41, 5.74) is 6.44. The molecule has 2 aromatic carbocycles. The minimum atomic E-state index is -0.592. The highest BCUT2D eigenvalue weighted by atomic mass is 19.1. The van der Waals surface area contributed by atoms with Crippen LogP contribution in [-0.2, 0) is 13.0 Å². The standard InChI is InChI=1S/C16H16F3NO/c1-10(20)6-11-2-5-16(15(19)7-11)21-9-12-8-13(17)3-4-14(12)18/h2-5,7-8,10H,6,9,20H2,1H3. The molecule has 0 aliphatic carbocycles. The number of halogens is 3. The van der Waals surface area contributed by atoms with E-state index in [9.17, 15) is 13.2 Å². The molecule has 0 aliphatic heterocycles. The first kappa shape index (κ1) is 15.4. The Hall–Kier alpha value is -2.01. The lowest BCUT2D eigenvalue weighted by Gasteiger charge is -2.10. The van der Waals surface area contributed by atoms with Crippen molar-refractivity contribution in [3.8, 4) is 5.75 Å². The molecule has 1 unspecified atom stereocenters. The number of benzene rings is 2. The van der Waals surface area contributed by atoms with Gasteiger partial charge in [-0.1, -0.05) is 6.07 Å². The molecule has 21 heavy (non-hydrogen) atoms. The molecule has 1 atom stereocenters. The second-order valence-electron chi connectivity index (χ2n) is 4.97. The van der Waals surface area contributed by atoms with Crippen molar-refractivity contribution in [2.75, 3.05) is 0 Å². The van der Waals surface area contributed by atoms with E-state index in [1.807, 2.05) is 6.92 Å². The number of rotatable bonds is 5. The lowest BCUT2D eigenvalue weighted by atomic mass is 10.1. The predicted molar refractivity (Wildman–Crippen MR) is 74.4 cm³/mol. The lowest BCUT2D eigenvalue weighted by Crippen LogP contribution is -2.17. The Labute approximate surface area is 121 Å². The Kier molecular flexibility index (Phi) is 4.85. The maximum absolute atomic E-state index is 13.8. The van der Waals surface area contributed by atoms with Gasteiger partial charge in [0, 0.05) is 11.6 Å². The van der Waals surface area contributed by atoms with Crippen LogP contribution >= 0.6 is 0 Å². The molecule has 0 saturated carbocycles. The Balaban J connectivity index is 2.08. The van der Waals surface area contributed by atoms with Crippen LogP contribution in [0, 0.1) is 17.5 Å². The smallest absolute Gasteiger partial charge is 0.165 e. The van der Waals surface area contributed by atoms with Gasteiger partial charge in [-0.3, -0.25) is 0 Å². The molecular formula is C16H16F3NO. The molecule has 0 saturated heterocycles. The monoisotopic (exact) mass is 295 g/mol. The van der Waals surface area contributed by atoms with Crippen LogP contribution < -0.4 is 10.5 Å². The molecule has 2 nitrogen and oxygen atoms in total. The van der Waals surface area contributed by atoms with E-state index in [1.165, 1.54) is 12.1 Å². The normalized spacial score (nSPS) is 12.2. The maximum Gasteiger partial charge on any atom is 0.165 e. The van der Waals surface area contributed by atoms with Crippen LogP contribution in [0.5, 0.6) is 5.75 Å². The van der Waals surface area contributed by atoms with Crippen molar-refractivity contribution >= 4 is 0 Å². The van der Waals surface area contributed by atoms with Crippen LogP contribution in [0.4, 0.5) is 13.2 Å². The molecule has 0 heterocycles. The molecule has 0 aromatic heterocycles. The lowest BCUT2D eigenvalue weighted by molar-refractivity contribution is 0.284. The first-order chi connectivity index (χ1) is 9.95. The summed E-state index contributed by atoms with van der Waals surface area (Å²) in [4.78, 5) is 0. The van der Waals surface area contributed by atoms with Gasteiger partial charge in [0.15, 0.2) is 11.6 Å². The summed E-state index contributed by atoms with van der Waals surface area (Å²) in [5, 5.41) is 0. The van der Waals surface area contributed by atoms with Crippen LogP contribution in [0.2, 0.25) is 0 Å². The van der Waals surface area contributed by atoms with Crippen LogP contribution in [0.1, 0.15) is 18.1 Å². The summed E-state index contributed by atoms with van der Waals surface area (Å²) in [6, 6.07) is 7.47. The van der Waals surface area contributed by atoms with Crippen molar-refractivity contribution < 1.29 is 17.9 Å². The number of nitrogens with two attached hydrogens (primary N) is 1. The van der Waals surface area contributed by atoms with Crippen LogP contribution in [-0.4, -0.2) is 6.04 Å². The largest absolute Gasteiger partial charge is 0.486 e. The van der Waals surface area contributed by atoms with Gasteiger partial charge in [-0.05, 0) is 49.2 Å². The van der Waals surface area contributed by atoms with Gasteiger partial charge in [0.05, 0.1) is 0 Å². The summed E-state index contributed by atoms with van der Waals surface area (Å²) in [7, 11) is 0. The van der Waals surface area contributed by atoms with E-state index in [-0.39, 0.29) is 24.0 Å². The summed E-state index contributed by atoms with van der Waals surface area (Å²) >= 11 is 0. The molecule has 0 radical (unpaired) electrons. The Morgan fingerprint density at radius 3 is 2.48 bits per heavy atom. The van der Waals surface area contributed by atoms with Crippen molar-refractivity contribution in [3.63, 3.8) is 0 Å². The highest BCUT2D eigenvalue weighted by Crippen LogP contribution is 2.21. The summed E-state index contributed by atoms with van der Waals surface area (Å²) < 4.78 is 45.5. The van der Waals surface area contributed by atoms with Crippen molar-refractivity contribution in [1.82, 2.24) is 0 Å². The number of ether oxygens (including phenoxy) is 1. The van der Waals surface area contributed by atoms with Gasteiger partial charge in [-0.25, -0.2) is 13.2 Å². The topological polar surface area (TPSA) is 35.2 Å². The number of hydrogen-bond donors (Lipinski definition) is 1. The third kappa shape index (κ3) is 4.23. The van der Waals surface area contributed by atoms with Crippen molar-refractivity contribution in [3.05, 3.63) is 65.0 Å². The molecule has 0 aliphatic rings. The van der Waals surface area contributed by atoms with E-state index < -0.39 is 17.5 Å². The zero-order chi connectivity index (χ0) is 15.4. The molecule has 0 bridgehead atoms. The van der Waals surface area contributed by atoms with E-state index in [1.54, 1.807) is 6.07 Å². The predicted octanol–water partition coefficient (Wildman–Crippen LogP) is 3.57. The summed E-state index contributed by atoms with van der Waals surface area (Å²) in [6.07, 6.45) is 0.551. The van der Waals surface area contributed by atoms with Crippen LogP contribution in [0.3, 0.4) is 0 Å². The highest BCUT2D eigenvalue weighted by Gasteiger charge is 2.09. The fourth-order valence-electron chi connectivity index (χ4n) is 1.97. The quantitative estimate of drug-likeness (QED) is 0.915. The fourth-order valence-corrected chi connectivity index (χ4v) is 1.97. The third-order valence-electron chi connectivity index (χ3n) is 2.94. The summed E-state index contributed by atoms with van der Waals surface area (Å²) in [5.74, 6) is -1.72. The van der Waals surface area contributed by atoms with Crippen molar-refractivity contribution in [1.29, 1.82) is 0 Å². The van der Waals surface area contributed by atoms with Gasteiger partial charge in [0.25, 0.3) is 0 Å². The Morgan fingerprint density at radius 2 is 1.81 bits per heavy atom. The molecule has 112 valence electrons. The second-order valence-corrected chi connectivity index (χ2v) is 4.97. The van der Waals surface area contributed by atoms with E-state index >= 15 is 0 Å². The van der Waals surface area contributed by atoms with Gasteiger partial charge in [0.2, 0.25) is 0 Å². The average Bonchev–Trinajstić information content (AvgIpc) is 2.41. The van der Waals surface area contributed by atoms with Gasteiger partial charge < -0.3 is 10.5 Å². The second kappa shape index (κ2) is 6.63. The Bertz CT molecular complexity index is 629. The highest BCUT2D eigenvalue weighted by molar-refractivity contribution is 5.30. The molecule has 0 fully saturated rings.